The van der Waals surface area contributed by atoms with E-state index in [0.717, 1.165) is 0 Å². The fourth-order valence-electron chi connectivity index (χ4n) is 0. The average Bonchev–Trinajstić information content (AvgIpc) is 1.41. The summed E-state index contributed by atoms with van der Waals surface area (Å²) >= 11 is 2.44. The zero-order valence-electron chi connectivity index (χ0n) is 4.40. The highest BCUT2D eigenvalue weighted by molar-refractivity contribution is 9.22. The molecule has 0 bridgehead atoms. The van der Waals surface area contributed by atoms with Crippen LogP contribution in [0.1, 0.15) is 0 Å². The van der Waals surface area contributed by atoms with E-state index in [4.69, 9.17) is 0 Å². The SMILES string of the molecule is CP(C)C.[B]Br. The van der Waals surface area contributed by atoms with Crippen molar-refractivity contribution in [3.63, 3.8) is 0 Å². The molecule has 0 heterocycles. The van der Waals surface area contributed by atoms with Gasteiger partial charge in [0.05, 0.1) is 0 Å². The van der Waals surface area contributed by atoms with E-state index in [0.29, 0.717) is 7.92 Å². The molecule has 0 aromatic heterocycles. The minimum atomic E-state index is 0.380. The first-order valence-electron chi connectivity index (χ1n) is 1.56. The quantitative estimate of drug-likeness (QED) is 0.381. The molecule has 0 nitrogen and oxygen atoms in total. The molecule has 0 fully saturated rings. The van der Waals surface area contributed by atoms with Crippen LogP contribution in [0, 0.1) is 0 Å². The molecule has 0 aliphatic heterocycles. The van der Waals surface area contributed by atoms with Gasteiger partial charge in [0.15, 0.2) is 6.67 Å². The third-order valence-corrected chi connectivity index (χ3v) is 0. The Morgan fingerprint density at radius 2 is 1.17 bits per heavy atom. The van der Waals surface area contributed by atoms with Gasteiger partial charge in [0.2, 0.25) is 0 Å². The Bertz CT molecular complexity index is 15.5. The molecule has 0 aromatic carbocycles. The summed E-state index contributed by atoms with van der Waals surface area (Å²) in [5, 5.41) is 0. The van der Waals surface area contributed by atoms with Crippen LogP contribution in [0.2, 0.25) is 0 Å². The van der Waals surface area contributed by atoms with E-state index >= 15 is 0 Å². The van der Waals surface area contributed by atoms with Crippen molar-refractivity contribution < 1.29 is 0 Å². The Labute approximate surface area is 50.8 Å². The van der Waals surface area contributed by atoms with Gasteiger partial charge in [-0.2, -0.15) is 15.8 Å². The van der Waals surface area contributed by atoms with Crippen LogP contribution in [-0.4, -0.2) is 26.7 Å². The molecule has 0 aliphatic rings. The predicted molar refractivity (Wildman–Crippen MR) is 39.4 cm³/mol. The van der Waals surface area contributed by atoms with Gasteiger partial charge in [-0.05, 0) is 20.0 Å². The second kappa shape index (κ2) is 9.36. The Hall–Kier alpha value is 0.975. The molecule has 36 valence electrons. The minimum Gasteiger partial charge on any atom is -0.176 e. The van der Waals surface area contributed by atoms with Gasteiger partial charge in [0.25, 0.3) is 0 Å². The first-order valence-corrected chi connectivity index (χ1v) is 5.16. The third kappa shape index (κ3) is 82.7. The van der Waals surface area contributed by atoms with Crippen LogP contribution >= 0.6 is 23.7 Å². The van der Waals surface area contributed by atoms with Crippen molar-refractivity contribution in [3.8, 4) is 0 Å². The van der Waals surface area contributed by atoms with E-state index in [1.54, 1.807) is 0 Å². The Balaban J connectivity index is 0. The van der Waals surface area contributed by atoms with E-state index in [1.807, 2.05) is 0 Å². The average molecular weight is 167 g/mol. The lowest BCUT2D eigenvalue weighted by Gasteiger charge is -1.81. The van der Waals surface area contributed by atoms with Gasteiger partial charge in [-0.1, -0.05) is 0 Å². The summed E-state index contributed by atoms with van der Waals surface area (Å²) < 4.78 is 0. The molecule has 0 aromatic rings. The lowest BCUT2D eigenvalue weighted by atomic mass is 10.8. The lowest BCUT2D eigenvalue weighted by Crippen LogP contribution is -1.48. The number of halogens is 1. The fourth-order valence-corrected chi connectivity index (χ4v) is 0. The Kier molecular flexibility index (Phi) is 15.7. The third-order valence-electron chi connectivity index (χ3n) is 0. The fraction of sp³-hybridized carbons (Fsp3) is 1.00. The summed E-state index contributed by atoms with van der Waals surface area (Å²) in [6.07, 6.45) is 0. The maximum Gasteiger partial charge on any atom is 0.176 e. The molecule has 0 saturated carbocycles. The van der Waals surface area contributed by atoms with Crippen molar-refractivity contribution in [2.75, 3.05) is 20.0 Å². The van der Waals surface area contributed by atoms with E-state index in [9.17, 15) is 0 Å². The smallest absolute Gasteiger partial charge is 0.176 e. The molecular formula is C3H9BBrP. The number of hydrogen-bond donors (Lipinski definition) is 0. The van der Waals surface area contributed by atoms with Gasteiger partial charge >= 0.3 is 0 Å². The van der Waals surface area contributed by atoms with Crippen molar-refractivity contribution in [1.29, 1.82) is 0 Å². The minimum absolute atomic E-state index is 0.380. The van der Waals surface area contributed by atoms with Crippen LogP contribution in [-0.2, 0) is 0 Å². The van der Waals surface area contributed by atoms with E-state index in [1.165, 1.54) is 0 Å². The van der Waals surface area contributed by atoms with Crippen LogP contribution in [0.5, 0.6) is 0 Å². The molecule has 0 amide bonds. The molecule has 0 N–H and O–H groups in total. The van der Waals surface area contributed by atoms with Crippen LogP contribution in [0.3, 0.4) is 0 Å². The van der Waals surface area contributed by atoms with Crippen LogP contribution in [0.15, 0.2) is 0 Å². The second-order valence-electron chi connectivity index (χ2n) is 1.34. The predicted octanol–water partition coefficient (Wildman–Crippen LogP) is 1.82. The van der Waals surface area contributed by atoms with Gasteiger partial charge in [-0.15, -0.1) is 7.92 Å². The number of rotatable bonds is 0. The van der Waals surface area contributed by atoms with Crippen LogP contribution < -0.4 is 0 Å². The molecule has 3 heteroatoms. The maximum absolute atomic E-state index is 4.31. The monoisotopic (exact) mass is 166 g/mol. The van der Waals surface area contributed by atoms with E-state index in [-0.39, 0.29) is 0 Å². The van der Waals surface area contributed by atoms with Crippen molar-refractivity contribution in [3.05, 3.63) is 0 Å². The van der Waals surface area contributed by atoms with Gasteiger partial charge < -0.3 is 0 Å². The van der Waals surface area contributed by atoms with Crippen molar-refractivity contribution >= 4 is 30.3 Å². The molecule has 0 atom stereocenters. The molecule has 6 heavy (non-hydrogen) atoms. The molecule has 0 rings (SSSR count). The zero-order chi connectivity index (χ0) is 5.58. The van der Waals surface area contributed by atoms with Crippen molar-refractivity contribution in [1.82, 2.24) is 0 Å². The summed E-state index contributed by atoms with van der Waals surface area (Å²) in [6, 6.07) is 0. The second-order valence-corrected chi connectivity index (χ2v) is 4.02. The normalized spacial score (nSPS) is 6.83. The first-order chi connectivity index (χ1) is 2.73. The molecular weight excluding hydrogens is 158 g/mol. The molecule has 0 unspecified atom stereocenters. The van der Waals surface area contributed by atoms with Crippen LogP contribution in [0.4, 0.5) is 0 Å². The van der Waals surface area contributed by atoms with Crippen molar-refractivity contribution in [2.45, 2.75) is 0 Å². The standard InChI is InChI=1S/C3H9P.BBr/c1-4(2)3;1-2/h1-3H3;. The maximum atomic E-state index is 4.31. The molecule has 0 spiro atoms. The summed E-state index contributed by atoms with van der Waals surface area (Å²) in [6.45, 7) is 11.0. The summed E-state index contributed by atoms with van der Waals surface area (Å²) in [5.41, 5.74) is 0. The molecule has 2 radical (unpaired) electrons. The van der Waals surface area contributed by atoms with E-state index < -0.39 is 0 Å². The summed E-state index contributed by atoms with van der Waals surface area (Å²) in [4.78, 5) is 0. The highest BCUT2D eigenvalue weighted by Crippen LogP contribution is 2.14. The highest BCUT2D eigenvalue weighted by atomic mass is 79.9. The highest BCUT2D eigenvalue weighted by Gasteiger charge is 1.65. The van der Waals surface area contributed by atoms with E-state index in [2.05, 4.69) is 42.4 Å². The molecule has 0 saturated heterocycles. The van der Waals surface area contributed by atoms with Gasteiger partial charge in [0, 0.05) is 0 Å². The first kappa shape index (κ1) is 10.1. The molecule has 0 aliphatic carbocycles. The number of hydrogen-bond acceptors (Lipinski definition) is 0. The topological polar surface area (TPSA) is 0 Å². The van der Waals surface area contributed by atoms with Crippen molar-refractivity contribution in [2.24, 2.45) is 0 Å². The lowest BCUT2D eigenvalue weighted by molar-refractivity contribution is 2.13. The van der Waals surface area contributed by atoms with Gasteiger partial charge in [-0.25, -0.2) is 0 Å². The Morgan fingerprint density at radius 1 is 1.17 bits per heavy atom. The summed E-state index contributed by atoms with van der Waals surface area (Å²) in [7, 11) is 0.380. The van der Waals surface area contributed by atoms with Gasteiger partial charge in [-0.3, -0.25) is 0 Å². The zero-order valence-corrected chi connectivity index (χ0v) is 6.88. The van der Waals surface area contributed by atoms with Gasteiger partial charge in [0.1, 0.15) is 0 Å². The largest absolute Gasteiger partial charge is 0.176 e. The van der Waals surface area contributed by atoms with Crippen LogP contribution in [0.25, 0.3) is 0 Å². The summed E-state index contributed by atoms with van der Waals surface area (Å²) in [5.74, 6) is 0. The Morgan fingerprint density at radius 3 is 1.17 bits per heavy atom.